The van der Waals surface area contributed by atoms with E-state index in [-0.39, 0.29) is 5.57 Å². The van der Waals surface area contributed by atoms with Crippen molar-refractivity contribution >= 4 is 0 Å². The van der Waals surface area contributed by atoms with Gasteiger partial charge < -0.3 is 5.11 Å². The summed E-state index contributed by atoms with van der Waals surface area (Å²) in [5.74, 6) is 0. The van der Waals surface area contributed by atoms with Crippen LogP contribution in [-0.2, 0) is 0 Å². The van der Waals surface area contributed by atoms with E-state index in [1.165, 1.54) is 12.2 Å². The van der Waals surface area contributed by atoms with Gasteiger partial charge in [0.15, 0.2) is 0 Å². The third-order valence-electron chi connectivity index (χ3n) is 1.68. The van der Waals surface area contributed by atoms with E-state index in [4.69, 9.17) is 5.11 Å². The topological polar surface area (TPSA) is 20.2 Å². The Bertz CT molecular complexity index is 259. The van der Waals surface area contributed by atoms with Gasteiger partial charge in [0.25, 0.3) is 0 Å². The number of rotatable bonds is 3. The van der Waals surface area contributed by atoms with E-state index in [1.54, 1.807) is 19.1 Å². The number of hydrogen-bond donors (Lipinski definition) is 1. The molecule has 0 spiro atoms. The lowest BCUT2D eigenvalue weighted by atomic mass is 10.1. The average Bonchev–Trinajstić information content (AvgIpc) is 2.10. The van der Waals surface area contributed by atoms with Crippen molar-refractivity contribution < 1.29 is 18.3 Å². The van der Waals surface area contributed by atoms with Gasteiger partial charge in [-0.3, -0.25) is 0 Å². The Kier molecular flexibility index (Phi) is 5.23. The molecule has 0 unspecified atom stereocenters. The van der Waals surface area contributed by atoms with Gasteiger partial charge in [0, 0.05) is 5.57 Å². The lowest BCUT2D eigenvalue weighted by Crippen LogP contribution is -2.12. The number of halogens is 3. The van der Waals surface area contributed by atoms with Crippen molar-refractivity contribution in [1.29, 1.82) is 0 Å². The molecule has 0 fully saturated rings. The fraction of sp³-hybridized carbons (Fsp3) is 0.400. The van der Waals surface area contributed by atoms with E-state index < -0.39 is 18.4 Å². The highest BCUT2D eigenvalue weighted by molar-refractivity contribution is 5.29. The number of hydrogen-bond acceptors (Lipinski definition) is 1. The molecule has 0 rings (SSSR count). The van der Waals surface area contributed by atoms with Gasteiger partial charge in [-0.25, -0.2) is 0 Å². The largest absolute Gasteiger partial charge is 0.412 e. The molecular formula is C10H13F3O. The molecular weight excluding hydrogens is 193 g/mol. The minimum absolute atomic E-state index is 0.115. The Labute approximate surface area is 81.2 Å². The van der Waals surface area contributed by atoms with Crippen molar-refractivity contribution in [2.24, 2.45) is 0 Å². The zero-order valence-electron chi connectivity index (χ0n) is 8.10. The van der Waals surface area contributed by atoms with Crippen molar-refractivity contribution in [3.8, 4) is 0 Å². The lowest BCUT2D eigenvalue weighted by Gasteiger charge is -2.09. The van der Waals surface area contributed by atoms with Crippen LogP contribution < -0.4 is 0 Å². The molecule has 0 radical (unpaired) electrons. The molecule has 0 saturated heterocycles. The Hall–Kier alpha value is -1.03. The standard InChI is InChI=1S/C10H13F3O/c1-3-4-5-6-9(7-14)8(2)10(11,12)13/h3-6,14H,7H2,1-2H3/b4-3-,6-5-,9-8-. The van der Waals surface area contributed by atoms with E-state index >= 15 is 0 Å². The van der Waals surface area contributed by atoms with Crippen molar-refractivity contribution in [2.75, 3.05) is 6.61 Å². The Balaban J connectivity index is 4.86. The number of allylic oxidation sites excluding steroid dienone is 4. The van der Waals surface area contributed by atoms with Gasteiger partial charge in [0.2, 0.25) is 0 Å². The van der Waals surface area contributed by atoms with Crippen LogP contribution in [0.25, 0.3) is 0 Å². The summed E-state index contributed by atoms with van der Waals surface area (Å²) in [6.07, 6.45) is 1.62. The molecule has 0 aliphatic carbocycles. The first-order chi connectivity index (χ1) is 6.43. The van der Waals surface area contributed by atoms with Gasteiger partial charge >= 0.3 is 6.18 Å². The van der Waals surface area contributed by atoms with Gasteiger partial charge in [-0.05, 0) is 19.4 Å². The summed E-state index contributed by atoms with van der Waals surface area (Å²) in [5.41, 5.74) is -0.878. The van der Waals surface area contributed by atoms with Gasteiger partial charge in [-0.1, -0.05) is 24.3 Å². The van der Waals surface area contributed by atoms with E-state index in [1.807, 2.05) is 0 Å². The van der Waals surface area contributed by atoms with E-state index in [9.17, 15) is 13.2 Å². The number of aliphatic hydroxyl groups is 1. The van der Waals surface area contributed by atoms with E-state index in [0.717, 1.165) is 6.92 Å². The summed E-state index contributed by atoms with van der Waals surface area (Å²) < 4.78 is 36.5. The normalized spacial score (nSPS) is 15.3. The smallest absolute Gasteiger partial charge is 0.392 e. The number of alkyl halides is 3. The SMILES string of the molecule is C\C=C/C=C\C(CO)=C(/C)C(F)(F)F. The number of aliphatic hydroxyl groups excluding tert-OH is 1. The summed E-state index contributed by atoms with van der Waals surface area (Å²) >= 11 is 0. The van der Waals surface area contributed by atoms with Crippen molar-refractivity contribution in [1.82, 2.24) is 0 Å². The quantitative estimate of drug-likeness (QED) is 0.704. The minimum Gasteiger partial charge on any atom is -0.392 e. The molecule has 0 saturated carbocycles. The first kappa shape index (κ1) is 13.0. The monoisotopic (exact) mass is 206 g/mol. The third-order valence-corrected chi connectivity index (χ3v) is 1.68. The van der Waals surface area contributed by atoms with Crippen molar-refractivity contribution in [3.63, 3.8) is 0 Å². The molecule has 0 aromatic carbocycles. The van der Waals surface area contributed by atoms with Crippen molar-refractivity contribution in [3.05, 3.63) is 35.5 Å². The molecule has 1 nitrogen and oxygen atoms in total. The zero-order chi connectivity index (χ0) is 11.2. The van der Waals surface area contributed by atoms with Gasteiger partial charge in [-0.2, -0.15) is 13.2 Å². The Morgan fingerprint density at radius 2 is 1.86 bits per heavy atom. The van der Waals surface area contributed by atoms with Crippen LogP contribution in [0.5, 0.6) is 0 Å². The molecule has 14 heavy (non-hydrogen) atoms. The summed E-state index contributed by atoms with van der Waals surface area (Å²) in [5, 5.41) is 8.73. The first-order valence-electron chi connectivity index (χ1n) is 4.10. The highest BCUT2D eigenvalue weighted by atomic mass is 19.4. The second-order valence-electron chi connectivity index (χ2n) is 2.69. The van der Waals surface area contributed by atoms with Crippen LogP contribution in [0.3, 0.4) is 0 Å². The Morgan fingerprint density at radius 3 is 2.21 bits per heavy atom. The highest BCUT2D eigenvalue weighted by Crippen LogP contribution is 2.27. The second-order valence-corrected chi connectivity index (χ2v) is 2.69. The maximum absolute atomic E-state index is 12.2. The molecule has 0 bridgehead atoms. The molecule has 0 aromatic heterocycles. The Morgan fingerprint density at radius 1 is 1.29 bits per heavy atom. The van der Waals surface area contributed by atoms with Crippen LogP contribution >= 0.6 is 0 Å². The molecule has 0 aliphatic rings. The molecule has 0 heterocycles. The maximum atomic E-state index is 12.2. The molecule has 4 heteroatoms. The fourth-order valence-corrected chi connectivity index (χ4v) is 0.761. The average molecular weight is 206 g/mol. The molecule has 0 amide bonds. The van der Waals surface area contributed by atoms with Crippen LogP contribution in [-0.4, -0.2) is 17.9 Å². The minimum atomic E-state index is -4.38. The summed E-state index contributed by atoms with van der Waals surface area (Å²) in [6.45, 7) is 2.09. The molecule has 0 aliphatic heterocycles. The van der Waals surface area contributed by atoms with E-state index in [2.05, 4.69) is 0 Å². The predicted molar refractivity (Wildman–Crippen MR) is 49.8 cm³/mol. The van der Waals surface area contributed by atoms with Crippen LogP contribution in [0.1, 0.15) is 13.8 Å². The molecule has 1 N–H and O–H groups in total. The highest BCUT2D eigenvalue weighted by Gasteiger charge is 2.31. The van der Waals surface area contributed by atoms with E-state index in [0.29, 0.717) is 0 Å². The zero-order valence-corrected chi connectivity index (χ0v) is 8.10. The van der Waals surface area contributed by atoms with Gasteiger partial charge in [-0.15, -0.1) is 0 Å². The lowest BCUT2D eigenvalue weighted by molar-refractivity contribution is -0.0923. The third kappa shape index (κ3) is 4.28. The van der Waals surface area contributed by atoms with Crippen LogP contribution in [0.4, 0.5) is 13.2 Å². The molecule has 0 aromatic rings. The van der Waals surface area contributed by atoms with Crippen molar-refractivity contribution in [2.45, 2.75) is 20.0 Å². The predicted octanol–water partition coefficient (Wildman–Crippen LogP) is 2.99. The summed E-state index contributed by atoms with van der Waals surface area (Å²) in [6, 6.07) is 0. The van der Waals surface area contributed by atoms with Gasteiger partial charge in [0.05, 0.1) is 6.61 Å². The van der Waals surface area contributed by atoms with Gasteiger partial charge in [0.1, 0.15) is 0 Å². The van der Waals surface area contributed by atoms with Crippen LogP contribution in [0, 0.1) is 0 Å². The van der Waals surface area contributed by atoms with Crippen LogP contribution in [0.2, 0.25) is 0 Å². The maximum Gasteiger partial charge on any atom is 0.412 e. The second kappa shape index (κ2) is 5.65. The summed E-state index contributed by atoms with van der Waals surface area (Å²) in [7, 11) is 0. The van der Waals surface area contributed by atoms with Crippen LogP contribution in [0.15, 0.2) is 35.5 Å². The molecule has 80 valence electrons. The summed E-state index contributed by atoms with van der Waals surface area (Å²) in [4.78, 5) is 0. The molecule has 0 atom stereocenters. The first-order valence-corrected chi connectivity index (χ1v) is 4.10. The fourth-order valence-electron chi connectivity index (χ4n) is 0.761.